The van der Waals surface area contributed by atoms with Gasteiger partial charge in [-0.15, -0.1) is 0 Å². The van der Waals surface area contributed by atoms with Crippen LogP contribution in [0.2, 0.25) is 0 Å². The summed E-state index contributed by atoms with van der Waals surface area (Å²) < 4.78 is 0. The number of rotatable bonds is 5. The molecule has 1 rings (SSSR count). The minimum Gasteiger partial charge on any atom is -0.409 e. The van der Waals surface area contributed by atoms with Gasteiger partial charge in [-0.25, -0.2) is 0 Å². The second-order valence-electron chi connectivity index (χ2n) is 5.14. The molecule has 1 saturated carbocycles. The highest BCUT2D eigenvalue weighted by molar-refractivity contribution is 5.83. The first-order valence-electron chi connectivity index (χ1n) is 6.86. The molecular formula is C13H25N3O2. The van der Waals surface area contributed by atoms with Crippen molar-refractivity contribution in [3.8, 4) is 0 Å². The van der Waals surface area contributed by atoms with Crippen molar-refractivity contribution in [3.05, 3.63) is 0 Å². The van der Waals surface area contributed by atoms with Crippen LogP contribution in [0.15, 0.2) is 5.16 Å². The van der Waals surface area contributed by atoms with Gasteiger partial charge in [-0.3, -0.25) is 4.79 Å². The Morgan fingerprint density at radius 3 is 2.56 bits per heavy atom. The van der Waals surface area contributed by atoms with Gasteiger partial charge in [0.15, 0.2) is 0 Å². The highest BCUT2D eigenvalue weighted by atomic mass is 16.4. The molecule has 0 aromatic heterocycles. The van der Waals surface area contributed by atoms with E-state index < -0.39 is 0 Å². The van der Waals surface area contributed by atoms with Crippen LogP contribution in [0.5, 0.6) is 0 Å². The van der Waals surface area contributed by atoms with Crippen LogP contribution in [0.25, 0.3) is 0 Å². The van der Waals surface area contributed by atoms with E-state index in [1.807, 2.05) is 18.7 Å². The van der Waals surface area contributed by atoms with Gasteiger partial charge < -0.3 is 15.8 Å². The summed E-state index contributed by atoms with van der Waals surface area (Å²) in [6.07, 6.45) is 5.57. The van der Waals surface area contributed by atoms with Gasteiger partial charge >= 0.3 is 0 Å². The first-order valence-corrected chi connectivity index (χ1v) is 6.86. The Balaban J connectivity index is 2.56. The van der Waals surface area contributed by atoms with E-state index >= 15 is 0 Å². The van der Waals surface area contributed by atoms with Crippen molar-refractivity contribution >= 4 is 11.7 Å². The number of amidine groups is 1. The summed E-state index contributed by atoms with van der Waals surface area (Å²) in [5.74, 6) is 0.486. The summed E-state index contributed by atoms with van der Waals surface area (Å²) in [6.45, 7) is 5.05. The van der Waals surface area contributed by atoms with Crippen molar-refractivity contribution < 1.29 is 10.0 Å². The number of amides is 1. The molecule has 0 saturated heterocycles. The fourth-order valence-electron chi connectivity index (χ4n) is 2.51. The number of carbonyl (C=O) groups is 1. The summed E-state index contributed by atoms with van der Waals surface area (Å²) in [4.78, 5) is 14.2. The lowest BCUT2D eigenvalue weighted by atomic mass is 9.88. The third kappa shape index (κ3) is 3.89. The Morgan fingerprint density at radius 1 is 1.44 bits per heavy atom. The Kier molecular flexibility index (Phi) is 5.95. The van der Waals surface area contributed by atoms with E-state index in [1.165, 1.54) is 6.42 Å². The Morgan fingerprint density at radius 2 is 2.06 bits per heavy atom. The number of hydrogen-bond acceptors (Lipinski definition) is 3. The average molecular weight is 255 g/mol. The molecule has 3 N–H and O–H groups in total. The van der Waals surface area contributed by atoms with Gasteiger partial charge in [0, 0.05) is 24.9 Å². The molecule has 18 heavy (non-hydrogen) atoms. The third-order valence-corrected chi connectivity index (χ3v) is 3.76. The van der Waals surface area contributed by atoms with Crippen LogP contribution in [0.3, 0.4) is 0 Å². The SMILES string of the molecule is CCN(CC(C)C(N)=NO)C(=O)C1CCCCC1. The Bertz CT molecular complexity index is 299. The van der Waals surface area contributed by atoms with Crippen LogP contribution in [-0.4, -0.2) is 34.9 Å². The molecule has 0 radical (unpaired) electrons. The Hall–Kier alpha value is -1.26. The summed E-state index contributed by atoms with van der Waals surface area (Å²) >= 11 is 0. The maximum atomic E-state index is 12.4. The molecule has 1 aliphatic carbocycles. The van der Waals surface area contributed by atoms with Crippen LogP contribution in [0.4, 0.5) is 0 Å². The smallest absolute Gasteiger partial charge is 0.225 e. The number of nitrogens with two attached hydrogens (primary N) is 1. The van der Waals surface area contributed by atoms with Crippen LogP contribution in [0.1, 0.15) is 46.0 Å². The van der Waals surface area contributed by atoms with E-state index in [9.17, 15) is 4.79 Å². The van der Waals surface area contributed by atoms with Crippen molar-refractivity contribution in [1.82, 2.24) is 4.90 Å². The van der Waals surface area contributed by atoms with E-state index in [2.05, 4.69) is 5.16 Å². The van der Waals surface area contributed by atoms with Gasteiger partial charge in [-0.1, -0.05) is 31.3 Å². The minimum absolute atomic E-state index is 0.109. The highest BCUT2D eigenvalue weighted by Gasteiger charge is 2.26. The largest absolute Gasteiger partial charge is 0.409 e. The van der Waals surface area contributed by atoms with E-state index in [4.69, 9.17) is 10.9 Å². The summed E-state index contributed by atoms with van der Waals surface area (Å²) in [7, 11) is 0. The third-order valence-electron chi connectivity index (χ3n) is 3.76. The molecule has 1 atom stereocenters. The van der Waals surface area contributed by atoms with Gasteiger partial charge in [-0.2, -0.15) is 0 Å². The molecule has 1 fully saturated rings. The highest BCUT2D eigenvalue weighted by Crippen LogP contribution is 2.25. The van der Waals surface area contributed by atoms with Gasteiger partial charge in [0.1, 0.15) is 5.84 Å². The van der Waals surface area contributed by atoms with E-state index in [0.717, 1.165) is 25.7 Å². The molecule has 1 amide bonds. The zero-order valence-electron chi connectivity index (χ0n) is 11.4. The summed E-state index contributed by atoms with van der Waals surface area (Å²) in [6, 6.07) is 0. The minimum atomic E-state index is -0.109. The fourth-order valence-corrected chi connectivity index (χ4v) is 2.51. The molecule has 0 bridgehead atoms. The Labute approximate surface area is 109 Å². The average Bonchev–Trinajstić information content (AvgIpc) is 2.43. The van der Waals surface area contributed by atoms with Gasteiger partial charge in [0.05, 0.1) is 0 Å². The number of nitrogens with zero attached hydrogens (tertiary/aromatic N) is 2. The summed E-state index contributed by atoms with van der Waals surface area (Å²) in [5, 5.41) is 11.6. The zero-order valence-corrected chi connectivity index (χ0v) is 11.4. The molecule has 0 aromatic rings. The first-order chi connectivity index (χ1) is 8.60. The van der Waals surface area contributed by atoms with Gasteiger partial charge in [0.2, 0.25) is 5.91 Å². The van der Waals surface area contributed by atoms with Crippen LogP contribution >= 0.6 is 0 Å². The number of hydrogen-bond donors (Lipinski definition) is 2. The van der Waals surface area contributed by atoms with Crippen molar-refractivity contribution in [1.29, 1.82) is 0 Å². The molecule has 5 nitrogen and oxygen atoms in total. The van der Waals surface area contributed by atoms with Gasteiger partial charge in [-0.05, 0) is 19.8 Å². The fraction of sp³-hybridized carbons (Fsp3) is 0.846. The molecule has 104 valence electrons. The van der Waals surface area contributed by atoms with Crippen LogP contribution in [0, 0.1) is 11.8 Å². The molecule has 5 heteroatoms. The normalized spacial score (nSPS) is 19.6. The van der Waals surface area contributed by atoms with Crippen molar-refractivity contribution in [2.75, 3.05) is 13.1 Å². The molecule has 0 heterocycles. The standard InChI is InChI=1S/C13H25N3O2/c1-3-16(9-10(2)12(14)15-18)13(17)11-7-5-4-6-8-11/h10-11,18H,3-9H2,1-2H3,(H2,14,15). The second-order valence-corrected chi connectivity index (χ2v) is 5.14. The quantitative estimate of drug-likeness (QED) is 0.340. The molecule has 0 spiro atoms. The van der Waals surface area contributed by atoms with Crippen molar-refractivity contribution in [2.24, 2.45) is 22.7 Å². The maximum absolute atomic E-state index is 12.4. The summed E-state index contributed by atoms with van der Waals surface area (Å²) in [5.41, 5.74) is 5.56. The van der Waals surface area contributed by atoms with E-state index in [1.54, 1.807) is 0 Å². The number of oxime groups is 1. The molecule has 0 aromatic carbocycles. The lowest BCUT2D eigenvalue weighted by Crippen LogP contribution is -2.42. The molecule has 1 unspecified atom stereocenters. The lowest BCUT2D eigenvalue weighted by Gasteiger charge is -2.30. The predicted octanol–water partition coefficient (Wildman–Crippen LogP) is 1.80. The lowest BCUT2D eigenvalue weighted by molar-refractivity contribution is -0.136. The second kappa shape index (κ2) is 7.24. The monoisotopic (exact) mass is 255 g/mol. The first kappa shape index (κ1) is 14.8. The number of carbonyl (C=O) groups excluding carboxylic acids is 1. The molecule has 0 aliphatic heterocycles. The topological polar surface area (TPSA) is 78.9 Å². The van der Waals surface area contributed by atoms with E-state index in [-0.39, 0.29) is 23.6 Å². The molecular weight excluding hydrogens is 230 g/mol. The van der Waals surface area contributed by atoms with Crippen LogP contribution < -0.4 is 5.73 Å². The van der Waals surface area contributed by atoms with Crippen molar-refractivity contribution in [2.45, 2.75) is 46.0 Å². The zero-order chi connectivity index (χ0) is 13.5. The maximum Gasteiger partial charge on any atom is 0.225 e. The van der Waals surface area contributed by atoms with Gasteiger partial charge in [0.25, 0.3) is 0 Å². The predicted molar refractivity (Wildman–Crippen MR) is 71.4 cm³/mol. The van der Waals surface area contributed by atoms with Crippen molar-refractivity contribution in [3.63, 3.8) is 0 Å². The van der Waals surface area contributed by atoms with Crippen LogP contribution in [-0.2, 0) is 4.79 Å². The van der Waals surface area contributed by atoms with E-state index in [0.29, 0.717) is 13.1 Å². The molecule has 1 aliphatic rings.